The maximum Gasteiger partial charge on any atom is 0.162 e. The minimum atomic E-state index is 0.487. The van der Waals surface area contributed by atoms with Crippen LogP contribution in [-0.2, 0) is 13.6 Å². The van der Waals surface area contributed by atoms with E-state index < -0.39 is 0 Å². The number of hydrogen-bond acceptors (Lipinski definition) is 5. The first-order valence-corrected chi connectivity index (χ1v) is 7.15. The van der Waals surface area contributed by atoms with Crippen LogP contribution in [0.2, 0.25) is 5.15 Å². The van der Waals surface area contributed by atoms with Gasteiger partial charge < -0.3 is 4.90 Å². The van der Waals surface area contributed by atoms with Gasteiger partial charge in [0, 0.05) is 26.2 Å². The third-order valence-electron chi connectivity index (χ3n) is 3.93. The molecule has 0 aromatic carbocycles. The van der Waals surface area contributed by atoms with Crippen LogP contribution in [0, 0.1) is 0 Å². The summed E-state index contributed by atoms with van der Waals surface area (Å²) in [6, 6.07) is 0.617. The molecule has 1 aliphatic heterocycles. The number of aromatic nitrogens is 4. The Labute approximate surface area is 123 Å². The van der Waals surface area contributed by atoms with E-state index in [1.165, 1.54) is 6.42 Å². The summed E-state index contributed by atoms with van der Waals surface area (Å²) < 4.78 is 1.74. The number of fused-ring (bicyclic) bond motifs is 1. The van der Waals surface area contributed by atoms with E-state index >= 15 is 0 Å². The van der Waals surface area contributed by atoms with E-state index in [4.69, 9.17) is 11.6 Å². The van der Waals surface area contributed by atoms with Crippen molar-refractivity contribution >= 4 is 22.6 Å². The molecule has 2 aromatic rings. The molecule has 0 amide bonds. The second-order valence-electron chi connectivity index (χ2n) is 5.58. The average molecular weight is 295 g/mol. The van der Waals surface area contributed by atoms with Crippen molar-refractivity contribution in [2.24, 2.45) is 7.05 Å². The van der Waals surface area contributed by atoms with Gasteiger partial charge in [-0.25, -0.2) is 9.97 Å². The van der Waals surface area contributed by atoms with E-state index in [1.807, 2.05) is 7.05 Å². The number of nitrogens with zero attached hydrogens (tertiary/aromatic N) is 6. The van der Waals surface area contributed by atoms with Gasteiger partial charge in [0.2, 0.25) is 0 Å². The third kappa shape index (κ3) is 2.51. The summed E-state index contributed by atoms with van der Waals surface area (Å²) in [4.78, 5) is 13.6. The van der Waals surface area contributed by atoms with Gasteiger partial charge in [-0.2, -0.15) is 5.10 Å². The van der Waals surface area contributed by atoms with Gasteiger partial charge in [-0.1, -0.05) is 11.6 Å². The van der Waals surface area contributed by atoms with Crippen molar-refractivity contribution in [1.82, 2.24) is 29.5 Å². The number of hydrogen-bond donors (Lipinski definition) is 0. The Morgan fingerprint density at radius 1 is 1.40 bits per heavy atom. The van der Waals surface area contributed by atoms with E-state index in [1.54, 1.807) is 10.9 Å². The monoisotopic (exact) mass is 294 g/mol. The minimum absolute atomic E-state index is 0.487. The van der Waals surface area contributed by atoms with Crippen molar-refractivity contribution in [3.63, 3.8) is 0 Å². The van der Waals surface area contributed by atoms with Gasteiger partial charge in [0.25, 0.3) is 0 Å². The smallest absolute Gasteiger partial charge is 0.162 e. The van der Waals surface area contributed by atoms with Crippen molar-refractivity contribution < 1.29 is 0 Å². The summed E-state index contributed by atoms with van der Waals surface area (Å²) in [6.07, 6.45) is 2.90. The Morgan fingerprint density at radius 2 is 2.20 bits per heavy atom. The Bertz CT molecular complexity index is 623. The summed E-state index contributed by atoms with van der Waals surface area (Å²) in [5, 5.41) is 5.47. The molecule has 6 nitrogen and oxygen atoms in total. The summed E-state index contributed by atoms with van der Waals surface area (Å²) in [7, 11) is 6.12. The Kier molecular flexibility index (Phi) is 3.62. The van der Waals surface area contributed by atoms with E-state index in [0.29, 0.717) is 11.2 Å². The minimum Gasteiger partial charge on any atom is -0.305 e. The lowest BCUT2D eigenvalue weighted by molar-refractivity contribution is 0.261. The molecular formula is C13H19ClN6. The van der Waals surface area contributed by atoms with Gasteiger partial charge in [0.1, 0.15) is 11.0 Å². The molecular weight excluding hydrogens is 276 g/mol. The SMILES string of the molecule is CN(C)C1CCN(Cc2nc(Cl)c3cnn(C)c3n2)C1. The van der Waals surface area contributed by atoms with Crippen LogP contribution in [-0.4, -0.2) is 62.8 Å². The van der Waals surface area contributed by atoms with Crippen LogP contribution in [0.3, 0.4) is 0 Å². The van der Waals surface area contributed by atoms with Crippen molar-refractivity contribution in [3.05, 3.63) is 17.2 Å². The Balaban J connectivity index is 1.80. The first-order valence-electron chi connectivity index (χ1n) is 6.77. The highest BCUT2D eigenvalue weighted by Gasteiger charge is 2.24. The predicted octanol–water partition coefficient (Wildman–Crippen LogP) is 1.15. The highest BCUT2D eigenvalue weighted by Crippen LogP contribution is 2.21. The lowest BCUT2D eigenvalue weighted by Gasteiger charge is -2.19. The van der Waals surface area contributed by atoms with Crippen LogP contribution in [0.1, 0.15) is 12.2 Å². The van der Waals surface area contributed by atoms with Crippen molar-refractivity contribution in [3.8, 4) is 0 Å². The molecule has 0 spiro atoms. The van der Waals surface area contributed by atoms with Crippen molar-refractivity contribution in [2.45, 2.75) is 19.0 Å². The second kappa shape index (κ2) is 5.27. The first-order chi connectivity index (χ1) is 9.54. The van der Waals surface area contributed by atoms with Gasteiger partial charge >= 0.3 is 0 Å². The zero-order valence-electron chi connectivity index (χ0n) is 12.0. The summed E-state index contributed by atoms with van der Waals surface area (Å²) in [5.74, 6) is 0.769. The molecule has 0 saturated carbocycles. The van der Waals surface area contributed by atoms with Crippen LogP contribution in [0.5, 0.6) is 0 Å². The largest absolute Gasteiger partial charge is 0.305 e. The molecule has 1 fully saturated rings. The van der Waals surface area contributed by atoms with Crippen molar-refractivity contribution in [2.75, 3.05) is 27.2 Å². The lowest BCUT2D eigenvalue weighted by atomic mass is 10.2. The standard InChI is InChI=1S/C13H19ClN6/c1-18(2)9-4-5-20(7-9)8-11-16-12(14)10-6-15-19(3)13(10)17-11/h6,9H,4-5,7-8H2,1-3H3. The van der Waals surface area contributed by atoms with Gasteiger partial charge in [0.15, 0.2) is 5.65 Å². The molecule has 0 aliphatic carbocycles. The second-order valence-corrected chi connectivity index (χ2v) is 5.94. The van der Waals surface area contributed by atoms with E-state index in [2.05, 4.69) is 39.0 Å². The fraction of sp³-hybridized carbons (Fsp3) is 0.615. The maximum absolute atomic E-state index is 6.21. The topological polar surface area (TPSA) is 50.1 Å². The molecule has 1 atom stereocenters. The van der Waals surface area contributed by atoms with Crippen LogP contribution in [0.25, 0.3) is 11.0 Å². The molecule has 1 unspecified atom stereocenters. The predicted molar refractivity (Wildman–Crippen MR) is 78.7 cm³/mol. The summed E-state index contributed by atoms with van der Waals surface area (Å²) >= 11 is 6.21. The molecule has 1 saturated heterocycles. The van der Waals surface area contributed by atoms with Gasteiger partial charge in [-0.3, -0.25) is 9.58 Å². The Morgan fingerprint density at radius 3 is 2.90 bits per heavy atom. The van der Waals surface area contributed by atoms with Crippen molar-refractivity contribution in [1.29, 1.82) is 0 Å². The number of likely N-dealkylation sites (N-methyl/N-ethyl adjacent to an activating group) is 1. The van der Waals surface area contributed by atoms with Crippen LogP contribution >= 0.6 is 11.6 Å². The Hall–Kier alpha value is -1.24. The van der Waals surface area contributed by atoms with Gasteiger partial charge in [-0.15, -0.1) is 0 Å². The summed E-state index contributed by atoms with van der Waals surface area (Å²) in [5.41, 5.74) is 0.795. The highest BCUT2D eigenvalue weighted by atomic mass is 35.5. The fourth-order valence-electron chi connectivity index (χ4n) is 2.68. The highest BCUT2D eigenvalue weighted by molar-refractivity contribution is 6.33. The maximum atomic E-state index is 6.21. The number of likely N-dealkylation sites (tertiary alicyclic amines) is 1. The third-order valence-corrected chi connectivity index (χ3v) is 4.22. The number of rotatable bonds is 3. The average Bonchev–Trinajstić information content (AvgIpc) is 2.98. The lowest BCUT2D eigenvalue weighted by Crippen LogP contribution is -2.31. The number of halogens is 1. The van der Waals surface area contributed by atoms with Gasteiger partial charge in [0.05, 0.1) is 18.1 Å². The van der Waals surface area contributed by atoms with E-state index in [-0.39, 0.29) is 0 Å². The zero-order chi connectivity index (χ0) is 14.3. The molecule has 2 aromatic heterocycles. The normalized spacial score (nSPS) is 20.4. The molecule has 0 bridgehead atoms. The molecule has 20 heavy (non-hydrogen) atoms. The number of aryl methyl sites for hydroxylation is 1. The van der Waals surface area contributed by atoms with E-state index in [9.17, 15) is 0 Å². The molecule has 1 aliphatic rings. The van der Waals surface area contributed by atoms with E-state index in [0.717, 1.165) is 36.5 Å². The molecule has 3 heterocycles. The van der Waals surface area contributed by atoms with Crippen LogP contribution in [0.15, 0.2) is 6.20 Å². The fourth-order valence-corrected chi connectivity index (χ4v) is 2.91. The first kappa shape index (κ1) is 13.7. The molecule has 108 valence electrons. The molecule has 0 radical (unpaired) electrons. The summed E-state index contributed by atoms with van der Waals surface area (Å²) in [6.45, 7) is 2.87. The zero-order valence-corrected chi connectivity index (χ0v) is 12.8. The quantitative estimate of drug-likeness (QED) is 0.795. The molecule has 0 N–H and O–H groups in total. The molecule has 7 heteroatoms. The van der Waals surface area contributed by atoms with Crippen LogP contribution < -0.4 is 0 Å². The van der Waals surface area contributed by atoms with Crippen LogP contribution in [0.4, 0.5) is 0 Å². The molecule has 3 rings (SSSR count). The van der Waals surface area contributed by atoms with Gasteiger partial charge in [-0.05, 0) is 20.5 Å².